The first-order chi connectivity index (χ1) is 15.2. The highest BCUT2D eigenvalue weighted by molar-refractivity contribution is 5.89. The van der Waals surface area contributed by atoms with Crippen molar-refractivity contribution in [3.63, 3.8) is 0 Å². The molecule has 0 aliphatic carbocycles. The summed E-state index contributed by atoms with van der Waals surface area (Å²) in [7, 11) is 1.63. The van der Waals surface area contributed by atoms with E-state index in [1.165, 1.54) is 10.8 Å². The molecule has 5 heterocycles. The number of ether oxygens (including phenoxy) is 2. The number of fused-ring (bicyclic) bond motifs is 5. The maximum Gasteiger partial charge on any atom is 0.352 e. The molecule has 0 spiro atoms. The largest absolute Gasteiger partial charge is 0.497 e. The Kier molecular flexibility index (Phi) is 4.25. The third-order valence-electron chi connectivity index (χ3n) is 6.20. The molecule has 2 bridgehead atoms. The number of rotatable bonds is 5. The minimum Gasteiger partial charge on any atom is -0.497 e. The van der Waals surface area contributed by atoms with Crippen molar-refractivity contribution in [1.82, 2.24) is 29.0 Å². The quantitative estimate of drug-likeness (QED) is 0.489. The molecule has 2 aliphatic rings. The van der Waals surface area contributed by atoms with Crippen LogP contribution in [0.1, 0.15) is 24.0 Å². The highest BCUT2D eigenvalue weighted by Gasteiger charge is 2.38. The van der Waals surface area contributed by atoms with Crippen LogP contribution in [0.2, 0.25) is 0 Å². The number of pyridine rings is 1. The zero-order chi connectivity index (χ0) is 20.9. The molecule has 6 rings (SSSR count). The first-order valence-electron chi connectivity index (χ1n) is 10.4. The van der Waals surface area contributed by atoms with Crippen LogP contribution in [0, 0.1) is 0 Å². The third-order valence-corrected chi connectivity index (χ3v) is 6.20. The first-order valence-corrected chi connectivity index (χ1v) is 10.4. The second-order valence-electron chi connectivity index (χ2n) is 8.15. The number of piperidine rings is 1. The van der Waals surface area contributed by atoms with Gasteiger partial charge in [0.05, 0.1) is 25.1 Å². The van der Waals surface area contributed by atoms with Crippen molar-refractivity contribution in [2.75, 3.05) is 13.7 Å². The van der Waals surface area contributed by atoms with Crippen LogP contribution in [-0.2, 0) is 17.8 Å². The van der Waals surface area contributed by atoms with E-state index >= 15 is 0 Å². The van der Waals surface area contributed by atoms with Gasteiger partial charge in [-0.3, -0.25) is 9.47 Å². The van der Waals surface area contributed by atoms with Gasteiger partial charge in [0.15, 0.2) is 5.65 Å². The van der Waals surface area contributed by atoms with E-state index in [1.54, 1.807) is 11.7 Å². The predicted molar refractivity (Wildman–Crippen MR) is 113 cm³/mol. The summed E-state index contributed by atoms with van der Waals surface area (Å²) in [5.74, 6) is 0.773. The molecule has 158 valence electrons. The van der Waals surface area contributed by atoms with Gasteiger partial charge in [-0.2, -0.15) is 9.61 Å². The van der Waals surface area contributed by atoms with Crippen molar-refractivity contribution in [3.8, 4) is 5.75 Å². The molecule has 9 heteroatoms. The number of benzene rings is 1. The van der Waals surface area contributed by atoms with Gasteiger partial charge in [0.1, 0.15) is 24.0 Å². The Balaban J connectivity index is 1.42. The zero-order valence-electron chi connectivity index (χ0n) is 17.1. The lowest BCUT2D eigenvalue weighted by molar-refractivity contribution is 0.0440. The molecule has 0 saturated carbocycles. The van der Waals surface area contributed by atoms with Crippen molar-refractivity contribution < 1.29 is 9.47 Å². The standard InChI is InChI=1S/C22H22N6O3/c1-30-16-4-2-14(3-5-16)11-27-20-18(21-24-13-25-28(21)22(27)29)8-15(9-23-20)10-26-12-17-6-7-19(26)31-17/h2-5,8-9,13,17,19H,6-7,10-12H2,1H3. The predicted octanol–water partition coefficient (Wildman–Crippen LogP) is 1.82. The number of aromatic nitrogens is 5. The van der Waals surface area contributed by atoms with E-state index in [1.807, 2.05) is 30.5 Å². The maximum atomic E-state index is 13.1. The molecule has 9 nitrogen and oxygen atoms in total. The topological polar surface area (TPSA) is 86.8 Å². The Morgan fingerprint density at radius 2 is 1.97 bits per heavy atom. The molecule has 0 radical (unpaired) electrons. The number of likely N-dealkylation sites (tertiary alicyclic amines) is 1. The highest BCUT2D eigenvalue weighted by Crippen LogP contribution is 2.32. The number of hydrogen-bond donors (Lipinski definition) is 0. The molecule has 2 fully saturated rings. The summed E-state index contributed by atoms with van der Waals surface area (Å²) in [5.41, 5.74) is 2.91. The van der Waals surface area contributed by atoms with Gasteiger partial charge in [-0.05, 0) is 42.2 Å². The average Bonchev–Trinajstić information content (AvgIpc) is 3.54. The lowest BCUT2D eigenvalue weighted by Gasteiger charge is -2.23. The van der Waals surface area contributed by atoms with Gasteiger partial charge in [0, 0.05) is 19.3 Å². The fourth-order valence-electron chi connectivity index (χ4n) is 4.66. The van der Waals surface area contributed by atoms with Crippen molar-refractivity contribution in [2.24, 2.45) is 0 Å². The van der Waals surface area contributed by atoms with Gasteiger partial charge in [-0.15, -0.1) is 0 Å². The van der Waals surface area contributed by atoms with Gasteiger partial charge in [0.2, 0.25) is 0 Å². The highest BCUT2D eigenvalue weighted by atomic mass is 16.5. The molecular formula is C22H22N6O3. The summed E-state index contributed by atoms with van der Waals surface area (Å²) in [6.07, 6.45) is 6.06. The van der Waals surface area contributed by atoms with Crippen LogP contribution in [-0.4, -0.2) is 55.0 Å². The Morgan fingerprint density at radius 1 is 1.10 bits per heavy atom. The molecule has 1 aromatic carbocycles. The molecule has 3 aromatic heterocycles. The van der Waals surface area contributed by atoms with Crippen molar-refractivity contribution in [3.05, 3.63) is 64.5 Å². The smallest absolute Gasteiger partial charge is 0.352 e. The Labute approximate surface area is 177 Å². The van der Waals surface area contributed by atoms with E-state index in [4.69, 9.17) is 14.5 Å². The van der Waals surface area contributed by atoms with Crippen molar-refractivity contribution >= 4 is 16.7 Å². The van der Waals surface area contributed by atoms with Crippen LogP contribution < -0.4 is 10.4 Å². The molecule has 31 heavy (non-hydrogen) atoms. The molecule has 2 saturated heterocycles. The van der Waals surface area contributed by atoms with Gasteiger partial charge < -0.3 is 9.47 Å². The van der Waals surface area contributed by atoms with E-state index in [2.05, 4.69) is 21.0 Å². The van der Waals surface area contributed by atoms with Crippen molar-refractivity contribution in [1.29, 1.82) is 0 Å². The molecule has 0 N–H and O–H groups in total. The van der Waals surface area contributed by atoms with E-state index in [-0.39, 0.29) is 11.9 Å². The van der Waals surface area contributed by atoms with Gasteiger partial charge in [0.25, 0.3) is 0 Å². The molecule has 2 unspecified atom stereocenters. The molecular weight excluding hydrogens is 396 g/mol. The lowest BCUT2D eigenvalue weighted by Crippen LogP contribution is -2.32. The summed E-state index contributed by atoms with van der Waals surface area (Å²) >= 11 is 0. The van der Waals surface area contributed by atoms with E-state index in [0.29, 0.717) is 23.9 Å². The minimum absolute atomic E-state index is 0.206. The normalized spacial score (nSPS) is 20.8. The minimum atomic E-state index is -0.263. The fraction of sp³-hybridized carbons (Fsp3) is 0.364. The summed E-state index contributed by atoms with van der Waals surface area (Å²) in [4.78, 5) is 24.5. The van der Waals surface area contributed by atoms with Crippen LogP contribution in [0.5, 0.6) is 5.75 Å². The fourth-order valence-corrected chi connectivity index (χ4v) is 4.66. The first kappa shape index (κ1) is 18.5. The van der Waals surface area contributed by atoms with Crippen LogP contribution >= 0.6 is 0 Å². The van der Waals surface area contributed by atoms with Crippen LogP contribution in [0.25, 0.3) is 16.7 Å². The van der Waals surface area contributed by atoms with Crippen LogP contribution in [0.3, 0.4) is 0 Å². The maximum absolute atomic E-state index is 13.1. The van der Waals surface area contributed by atoms with Crippen LogP contribution in [0.4, 0.5) is 0 Å². The van der Waals surface area contributed by atoms with Gasteiger partial charge >= 0.3 is 5.69 Å². The number of hydrogen-bond acceptors (Lipinski definition) is 7. The Hall–Kier alpha value is -3.30. The SMILES string of the molecule is COc1ccc(Cn2c(=O)n3ncnc3c3cc(CN4CC5CCC4O5)cnc32)cc1. The van der Waals surface area contributed by atoms with Gasteiger partial charge in [-0.25, -0.2) is 14.8 Å². The average molecular weight is 418 g/mol. The van der Waals surface area contributed by atoms with E-state index in [9.17, 15) is 4.79 Å². The second-order valence-corrected chi connectivity index (χ2v) is 8.15. The molecule has 0 amide bonds. The summed E-state index contributed by atoms with van der Waals surface area (Å²) in [6, 6.07) is 9.73. The lowest BCUT2D eigenvalue weighted by atomic mass is 10.1. The Morgan fingerprint density at radius 3 is 2.71 bits per heavy atom. The second kappa shape index (κ2) is 7.14. The number of methoxy groups -OCH3 is 1. The van der Waals surface area contributed by atoms with Gasteiger partial charge in [-0.1, -0.05) is 12.1 Å². The summed E-state index contributed by atoms with van der Waals surface area (Å²) in [6.45, 7) is 2.10. The zero-order valence-corrected chi connectivity index (χ0v) is 17.1. The van der Waals surface area contributed by atoms with E-state index in [0.717, 1.165) is 48.2 Å². The summed E-state index contributed by atoms with van der Waals surface area (Å²) < 4.78 is 14.2. The van der Waals surface area contributed by atoms with Crippen molar-refractivity contribution in [2.45, 2.75) is 38.3 Å². The number of nitrogens with zero attached hydrogens (tertiary/aromatic N) is 6. The third kappa shape index (κ3) is 3.08. The molecule has 4 aromatic rings. The molecule has 2 aliphatic heterocycles. The van der Waals surface area contributed by atoms with Crippen LogP contribution in [0.15, 0.2) is 47.7 Å². The summed E-state index contributed by atoms with van der Waals surface area (Å²) in [5, 5.41) is 4.97. The molecule has 2 atom stereocenters. The monoisotopic (exact) mass is 418 g/mol. The Bertz CT molecular complexity index is 1330. The van der Waals surface area contributed by atoms with E-state index < -0.39 is 0 Å².